The third kappa shape index (κ3) is 5.74. The fourth-order valence-electron chi connectivity index (χ4n) is 2.90. The van der Waals surface area contributed by atoms with Gasteiger partial charge in [0.15, 0.2) is 16.8 Å². The van der Waals surface area contributed by atoms with E-state index in [1.807, 2.05) is 6.07 Å². The highest BCUT2D eigenvalue weighted by Gasteiger charge is 2.40. The molecule has 0 aliphatic carbocycles. The van der Waals surface area contributed by atoms with Crippen LogP contribution < -0.4 is 0 Å². The van der Waals surface area contributed by atoms with Crippen molar-refractivity contribution in [3.05, 3.63) is 71.8 Å². The van der Waals surface area contributed by atoms with E-state index in [-0.39, 0.29) is 41.3 Å². The Bertz CT molecular complexity index is 1210. The fraction of sp³-hybridized carbons (Fsp3) is 0.217. The predicted octanol–water partition coefficient (Wildman–Crippen LogP) is 3.86. The largest absolute Gasteiger partial charge is 0.459 e. The second-order valence-corrected chi connectivity index (χ2v) is 8.05. The average Bonchev–Trinajstić information content (AvgIpc) is 3.25. The Morgan fingerprint density at radius 3 is 2.21 bits per heavy atom. The average molecular weight is 501 g/mol. The monoisotopic (exact) mass is 500 g/mol. The Balaban J connectivity index is 1.34. The van der Waals surface area contributed by atoms with Gasteiger partial charge in [0, 0.05) is 0 Å². The van der Waals surface area contributed by atoms with Gasteiger partial charge in [0.2, 0.25) is 0 Å². The van der Waals surface area contributed by atoms with Crippen molar-refractivity contribution in [3.8, 4) is 0 Å². The van der Waals surface area contributed by atoms with Crippen molar-refractivity contribution < 1.29 is 23.8 Å². The van der Waals surface area contributed by atoms with E-state index in [1.54, 1.807) is 61.5 Å². The van der Waals surface area contributed by atoms with Crippen molar-refractivity contribution in [2.24, 2.45) is 20.0 Å². The number of ether oxygens (including phenoxy) is 3. The molecule has 2 unspecified atom stereocenters. The van der Waals surface area contributed by atoms with Gasteiger partial charge in [0.1, 0.15) is 18.9 Å². The second kappa shape index (κ2) is 10.3. The van der Waals surface area contributed by atoms with Crippen LogP contribution in [0.2, 0.25) is 0 Å². The first-order valence-electron chi connectivity index (χ1n) is 10.2. The Morgan fingerprint density at radius 1 is 0.941 bits per heavy atom. The normalized spacial score (nSPS) is 19.7. The molecule has 2 heterocycles. The number of fused-ring (bicyclic) bond motifs is 1. The summed E-state index contributed by atoms with van der Waals surface area (Å²) in [5, 5.41) is -2.21. The van der Waals surface area contributed by atoms with E-state index in [4.69, 9.17) is 37.4 Å². The van der Waals surface area contributed by atoms with E-state index >= 15 is 0 Å². The van der Waals surface area contributed by atoms with Crippen LogP contribution in [-0.4, -0.2) is 59.1 Å². The molecule has 174 valence electrons. The van der Waals surface area contributed by atoms with E-state index in [0.29, 0.717) is 5.56 Å². The fourth-order valence-corrected chi connectivity index (χ4v) is 3.42. The minimum absolute atomic E-state index is 0.00414. The first kappa shape index (κ1) is 23.7. The highest BCUT2D eigenvalue weighted by molar-refractivity contribution is 6.94. The number of carbonyl (C=O) groups excluding carboxylic acids is 2. The molecular weight excluding hydrogens is 483 g/mol. The van der Waals surface area contributed by atoms with Crippen molar-refractivity contribution in [1.82, 2.24) is 0 Å². The quantitative estimate of drug-likeness (QED) is 0.310. The molecule has 0 amide bonds. The van der Waals surface area contributed by atoms with Crippen LogP contribution in [0, 0.1) is 0 Å². The number of hydrogen-bond donors (Lipinski definition) is 0. The smallest absolute Gasteiger partial charge is 0.389 e. The standard InChI is InChI=1S/C23H18Cl2N4O5/c1-14(12-33-21(30)15-8-4-2-5-9-15)32-13-17-26-18-19(24)28-23(25,29-20(18)27-17)34-22(31)16-10-6-3-7-11-16/h2-11,14H,12-13H2,1H3. The van der Waals surface area contributed by atoms with Gasteiger partial charge in [-0.3, -0.25) is 0 Å². The molecule has 0 radical (unpaired) electrons. The lowest BCUT2D eigenvalue weighted by molar-refractivity contribution is 0.0104. The number of benzene rings is 2. The predicted molar refractivity (Wildman–Crippen MR) is 128 cm³/mol. The minimum atomic E-state index is -2.10. The van der Waals surface area contributed by atoms with Gasteiger partial charge in [0.05, 0.1) is 17.2 Å². The van der Waals surface area contributed by atoms with Crippen LogP contribution in [0.1, 0.15) is 27.6 Å². The molecule has 2 aliphatic heterocycles. The van der Waals surface area contributed by atoms with E-state index in [1.165, 1.54) is 0 Å². The topological polar surface area (TPSA) is 111 Å². The number of nitrogens with zero attached hydrogens (tertiary/aromatic N) is 4. The van der Waals surface area contributed by atoms with Crippen molar-refractivity contribution in [2.75, 3.05) is 13.2 Å². The summed E-state index contributed by atoms with van der Waals surface area (Å²) in [6.45, 7) is 1.78. The lowest BCUT2D eigenvalue weighted by atomic mass is 10.2. The minimum Gasteiger partial charge on any atom is -0.459 e. The lowest BCUT2D eigenvalue weighted by Gasteiger charge is -2.21. The maximum Gasteiger partial charge on any atom is 0.389 e. The van der Waals surface area contributed by atoms with Crippen molar-refractivity contribution >= 4 is 57.7 Å². The molecular formula is C23H18Cl2N4O5. The molecule has 11 heteroatoms. The number of rotatable bonds is 8. The van der Waals surface area contributed by atoms with Crippen LogP contribution in [0.5, 0.6) is 0 Å². The number of alkyl halides is 1. The van der Waals surface area contributed by atoms with Crippen LogP contribution in [0.4, 0.5) is 0 Å². The van der Waals surface area contributed by atoms with Gasteiger partial charge in [-0.05, 0) is 42.8 Å². The van der Waals surface area contributed by atoms with Crippen molar-refractivity contribution in [2.45, 2.75) is 18.3 Å². The summed E-state index contributed by atoms with van der Waals surface area (Å²) in [6, 6.07) is 16.9. The van der Waals surface area contributed by atoms with Crippen molar-refractivity contribution in [1.29, 1.82) is 0 Å². The highest BCUT2D eigenvalue weighted by atomic mass is 35.5. The molecule has 2 aromatic rings. The summed E-state index contributed by atoms with van der Waals surface area (Å²) < 4.78 is 16.1. The van der Waals surface area contributed by atoms with Gasteiger partial charge >= 0.3 is 17.2 Å². The number of amidine groups is 2. The van der Waals surface area contributed by atoms with Crippen molar-refractivity contribution in [3.63, 3.8) is 0 Å². The number of hydrogen-bond acceptors (Lipinski definition) is 9. The summed E-state index contributed by atoms with van der Waals surface area (Å²) in [5.41, 5.74) is 0.921. The molecule has 0 N–H and O–H groups in total. The van der Waals surface area contributed by atoms with Crippen LogP contribution in [0.15, 0.2) is 80.6 Å². The molecule has 0 bridgehead atoms. The molecule has 4 rings (SSSR count). The number of halogens is 2. The van der Waals surface area contributed by atoms with Gasteiger partial charge in [-0.15, -0.1) is 0 Å². The molecule has 2 aliphatic rings. The molecule has 2 atom stereocenters. The zero-order valence-corrected chi connectivity index (χ0v) is 19.4. The van der Waals surface area contributed by atoms with E-state index in [2.05, 4.69) is 20.0 Å². The van der Waals surface area contributed by atoms with Gasteiger partial charge in [-0.1, -0.05) is 48.0 Å². The molecule has 0 aromatic heterocycles. The molecule has 2 aromatic carbocycles. The van der Waals surface area contributed by atoms with Gasteiger partial charge in [-0.25, -0.2) is 19.6 Å². The third-order valence-corrected chi connectivity index (χ3v) is 5.06. The highest BCUT2D eigenvalue weighted by Crippen LogP contribution is 2.29. The zero-order valence-electron chi connectivity index (χ0n) is 17.9. The second-order valence-electron chi connectivity index (χ2n) is 7.20. The summed E-state index contributed by atoms with van der Waals surface area (Å²) in [4.78, 5) is 40.9. The Kier molecular flexibility index (Phi) is 7.16. The molecule has 34 heavy (non-hydrogen) atoms. The number of esters is 2. The van der Waals surface area contributed by atoms with Crippen LogP contribution >= 0.6 is 23.2 Å². The summed E-state index contributed by atoms with van der Waals surface area (Å²) in [6.07, 6.45) is -0.428. The van der Waals surface area contributed by atoms with E-state index in [9.17, 15) is 9.59 Å². The van der Waals surface area contributed by atoms with Crippen LogP contribution in [0.25, 0.3) is 0 Å². The van der Waals surface area contributed by atoms with Gasteiger partial charge < -0.3 is 14.2 Å². The van der Waals surface area contributed by atoms with E-state index in [0.717, 1.165) is 0 Å². The lowest BCUT2D eigenvalue weighted by Crippen LogP contribution is -2.34. The summed E-state index contributed by atoms with van der Waals surface area (Å²) in [7, 11) is 0. The van der Waals surface area contributed by atoms with Gasteiger partial charge in [0.25, 0.3) is 0 Å². The van der Waals surface area contributed by atoms with Crippen LogP contribution in [-0.2, 0) is 14.2 Å². The third-order valence-electron chi connectivity index (χ3n) is 4.55. The van der Waals surface area contributed by atoms with Crippen LogP contribution in [0.3, 0.4) is 0 Å². The molecule has 0 fully saturated rings. The summed E-state index contributed by atoms with van der Waals surface area (Å²) >= 11 is 12.5. The maximum absolute atomic E-state index is 12.3. The Hall–Kier alpha value is -3.40. The molecule has 0 spiro atoms. The first-order valence-corrected chi connectivity index (χ1v) is 10.9. The first-order chi connectivity index (χ1) is 16.3. The molecule has 9 nitrogen and oxygen atoms in total. The zero-order chi connectivity index (χ0) is 24.1. The number of carbonyl (C=O) groups is 2. The Morgan fingerprint density at radius 2 is 1.56 bits per heavy atom. The summed E-state index contributed by atoms with van der Waals surface area (Å²) in [5.74, 6) is -0.837. The Labute approximate surface area is 204 Å². The SMILES string of the molecule is CC(COC(=O)c1ccccc1)OCC1=NC2=NC(Cl)(OC(=O)c3ccccc3)N=C(Cl)C2=N1. The number of aliphatic imine (C=N–C) groups is 4. The molecule has 0 saturated carbocycles. The molecule has 0 saturated heterocycles. The van der Waals surface area contributed by atoms with E-state index < -0.39 is 23.4 Å². The maximum atomic E-state index is 12.3. The van der Waals surface area contributed by atoms with Gasteiger partial charge in [-0.2, -0.15) is 9.98 Å².